The Morgan fingerprint density at radius 1 is 1.25 bits per heavy atom. The predicted molar refractivity (Wildman–Crippen MR) is 97.2 cm³/mol. The summed E-state index contributed by atoms with van der Waals surface area (Å²) in [6.07, 6.45) is 2.21. The normalized spacial score (nSPS) is 19.9. The van der Waals surface area contributed by atoms with Crippen LogP contribution in [-0.4, -0.2) is 25.6 Å². The topological polar surface area (TPSA) is 50.4 Å². The minimum Gasteiger partial charge on any atom is -0.497 e. The Morgan fingerprint density at radius 2 is 2.00 bits per heavy atom. The number of benzene rings is 2. The molecule has 1 heterocycles. The second kappa shape index (κ2) is 6.81. The fourth-order valence-corrected chi connectivity index (χ4v) is 3.46. The van der Waals surface area contributed by atoms with Gasteiger partial charge in [0, 0.05) is 6.54 Å². The van der Waals surface area contributed by atoms with Crippen molar-refractivity contribution in [2.45, 2.75) is 39.3 Å². The molecule has 24 heavy (non-hydrogen) atoms. The van der Waals surface area contributed by atoms with Crippen molar-refractivity contribution < 1.29 is 9.53 Å². The third-order valence-corrected chi connectivity index (χ3v) is 4.97. The third-order valence-electron chi connectivity index (χ3n) is 4.97. The molecule has 0 aromatic heterocycles. The molecule has 0 aliphatic carbocycles. The van der Waals surface area contributed by atoms with E-state index in [-0.39, 0.29) is 17.4 Å². The van der Waals surface area contributed by atoms with Crippen molar-refractivity contribution in [3.8, 4) is 5.75 Å². The molecule has 4 nitrogen and oxygen atoms in total. The molecule has 0 radical (unpaired) electrons. The van der Waals surface area contributed by atoms with Crippen LogP contribution in [0.2, 0.25) is 0 Å². The van der Waals surface area contributed by atoms with Crippen LogP contribution < -0.4 is 15.4 Å². The van der Waals surface area contributed by atoms with E-state index in [1.807, 2.05) is 18.2 Å². The first-order valence-corrected chi connectivity index (χ1v) is 8.57. The van der Waals surface area contributed by atoms with Crippen LogP contribution in [0.4, 0.5) is 0 Å². The molecule has 1 unspecified atom stereocenters. The highest BCUT2D eigenvalue weighted by Gasteiger charge is 2.36. The Morgan fingerprint density at radius 3 is 2.75 bits per heavy atom. The molecule has 0 bridgehead atoms. The van der Waals surface area contributed by atoms with E-state index in [0.29, 0.717) is 6.54 Å². The summed E-state index contributed by atoms with van der Waals surface area (Å²) in [7, 11) is 1.67. The molecule has 2 N–H and O–H groups in total. The second-order valence-corrected chi connectivity index (χ2v) is 7.24. The number of fused-ring (bicyclic) bond motifs is 1. The van der Waals surface area contributed by atoms with Crippen LogP contribution in [0.15, 0.2) is 36.4 Å². The fraction of sp³-hybridized carbons (Fsp3) is 0.450. The maximum atomic E-state index is 12.5. The van der Waals surface area contributed by atoms with E-state index in [1.165, 1.54) is 0 Å². The average Bonchev–Trinajstić information content (AvgIpc) is 2.58. The molecular formula is C20H26N2O2. The summed E-state index contributed by atoms with van der Waals surface area (Å²) < 4.78 is 5.25. The summed E-state index contributed by atoms with van der Waals surface area (Å²) in [5, 5.41) is 8.74. The van der Waals surface area contributed by atoms with Gasteiger partial charge >= 0.3 is 0 Å². The molecule has 1 aliphatic heterocycles. The molecule has 2 aromatic carbocycles. The van der Waals surface area contributed by atoms with E-state index >= 15 is 0 Å². The first kappa shape index (κ1) is 16.8. The van der Waals surface area contributed by atoms with Crippen LogP contribution in [0.25, 0.3) is 10.8 Å². The largest absolute Gasteiger partial charge is 0.497 e. The smallest absolute Gasteiger partial charge is 0.237 e. The number of piperidine rings is 1. The Balaban J connectivity index is 1.68. The predicted octanol–water partition coefficient (Wildman–Crippen LogP) is 3.24. The van der Waals surface area contributed by atoms with Gasteiger partial charge in [0.05, 0.1) is 13.2 Å². The zero-order valence-corrected chi connectivity index (χ0v) is 14.7. The first-order valence-electron chi connectivity index (χ1n) is 8.57. The van der Waals surface area contributed by atoms with Gasteiger partial charge in [-0.3, -0.25) is 4.79 Å². The van der Waals surface area contributed by atoms with Crippen LogP contribution in [-0.2, 0) is 11.3 Å². The van der Waals surface area contributed by atoms with E-state index in [1.54, 1.807) is 7.11 Å². The van der Waals surface area contributed by atoms with Crippen LogP contribution in [0.5, 0.6) is 5.75 Å². The van der Waals surface area contributed by atoms with Gasteiger partial charge < -0.3 is 15.4 Å². The number of methoxy groups -OCH3 is 1. The van der Waals surface area contributed by atoms with Gasteiger partial charge in [-0.15, -0.1) is 0 Å². The van der Waals surface area contributed by atoms with Gasteiger partial charge in [0.15, 0.2) is 0 Å². The van der Waals surface area contributed by atoms with E-state index < -0.39 is 0 Å². The number of hydrogen-bond acceptors (Lipinski definition) is 3. The van der Waals surface area contributed by atoms with Gasteiger partial charge in [0.2, 0.25) is 5.91 Å². The quantitative estimate of drug-likeness (QED) is 0.907. The van der Waals surface area contributed by atoms with Crippen LogP contribution >= 0.6 is 0 Å². The molecule has 1 amide bonds. The SMILES string of the molecule is COc1ccc2cc(CNC(=O)C3NCCCC3(C)C)ccc2c1. The lowest BCUT2D eigenvalue weighted by atomic mass is 9.77. The summed E-state index contributed by atoms with van der Waals surface area (Å²) in [6.45, 7) is 5.79. The molecular weight excluding hydrogens is 300 g/mol. The maximum absolute atomic E-state index is 12.5. The number of carbonyl (C=O) groups is 1. The number of rotatable bonds is 4. The molecule has 1 atom stereocenters. The Bertz CT molecular complexity index is 739. The molecule has 128 valence electrons. The Hall–Kier alpha value is -2.07. The van der Waals surface area contributed by atoms with Crippen molar-refractivity contribution in [3.63, 3.8) is 0 Å². The minimum absolute atomic E-state index is 0.00225. The summed E-state index contributed by atoms with van der Waals surface area (Å²) in [6, 6.07) is 12.2. The molecule has 1 fully saturated rings. The minimum atomic E-state index is -0.115. The van der Waals surface area contributed by atoms with Crippen molar-refractivity contribution in [3.05, 3.63) is 42.0 Å². The molecule has 2 aromatic rings. The standard InChI is InChI=1S/C20H26N2O2/c1-20(2)9-4-10-21-18(20)19(23)22-13-14-5-6-16-12-17(24-3)8-7-15(16)11-14/h5-8,11-12,18,21H,4,9-10,13H2,1-3H3,(H,22,23). The van der Waals surface area contributed by atoms with Crippen molar-refractivity contribution >= 4 is 16.7 Å². The monoisotopic (exact) mass is 326 g/mol. The second-order valence-electron chi connectivity index (χ2n) is 7.24. The maximum Gasteiger partial charge on any atom is 0.237 e. The van der Waals surface area contributed by atoms with Crippen LogP contribution in [0.1, 0.15) is 32.3 Å². The van der Waals surface area contributed by atoms with Gasteiger partial charge in [-0.2, -0.15) is 0 Å². The average molecular weight is 326 g/mol. The Kier molecular flexibility index (Phi) is 4.76. The summed E-state index contributed by atoms with van der Waals surface area (Å²) in [5.41, 5.74) is 1.11. The number of nitrogens with one attached hydrogen (secondary N) is 2. The molecule has 1 aliphatic rings. The summed E-state index contributed by atoms with van der Waals surface area (Å²) >= 11 is 0. The van der Waals surface area contributed by atoms with Crippen molar-refractivity contribution in [1.29, 1.82) is 0 Å². The lowest BCUT2D eigenvalue weighted by Gasteiger charge is -2.38. The number of ether oxygens (including phenoxy) is 1. The van der Waals surface area contributed by atoms with Crippen molar-refractivity contribution in [2.24, 2.45) is 5.41 Å². The van der Waals surface area contributed by atoms with Crippen molar-refractivity contribution in [2.75, 3.05) is 13.7 Å². The number of hydrogen-bond donors (Lipinski definition) is 2. The lowest BCUT2D eigenvalue weighted by Crippen LogP contribution is -2.55. The van der Waals surface area contributed by atoms with Crippen molar-refractivity contribution in [1.82, 2.24) is 10.6 Å². The van der Waals surface area contributed by atoms with Gasteiger partial charge in [0.1, 0.15) is 5.75 Å². The third kappa shape index (κ3) is 3.54. The fourth-order valence-electron chi connectivity index (χ4n) is 3.46. The van der Waals surface area contributed by atoms with Gasteiger partial charge in [-0.25, -0.2) is 0 Å². The van der Waals surface area contributed by atoms with E-state index in [9.17, 15) is 4.79 Å². The first-order chi connectivity index (χ1) is 11.5. The van der Waals surface area contributed by atoms with Gasteiger partial charge in [-0.05, 0) is 59.3 Å². The van der Waals surface area contributed by atoms with E-state index in [2.05, 4.69) is 42.7 Å². The zero-order chi connectivity index (χ0) is 17.2. The van der Waals surface area contributed by atoms with E-state index in [4.69, 9.17) is 4.74 Å². The highest BCUT2D eigenvalue weighted by molar-refractivity contribution is 5.85. The van der Waals surface area contributed by atoms with Crippen LogP contribution in [0.3, 0.4) is 0 Å². The molecule has 0 saturated carbocycles. The van der Waals surface area contributed by atoms with Crippen LogP contribution in [0, 0.1) is 5.41 Å². The number of carbonyl (C=O) groups excluding carboxylic acids is 1. The lowest BCUT2D eigenvalue weighted by molar-refractivity contribution is -0.126. The highest BCUT2D eigenvalue weighted by Crippen LogP contribution is 2.30. The summed E-state index contributed by atoms with van der Waals surface area (Å²) in [4.78, 5) is 12.5. The zero-order valence-electron chi connectivity index (χ0n) is 14.7. The number of amides is 1. The molecule has 1 saturated heterocycles. The molecule has 4 heteroatoms. The van der Waals surface area contributed by atoms with E-state index in [0.717, 1.165) is 41.5 Å². The molecule has 0 spiro atoms. The summed E-state index contributed by atoms with van der Waals surface area (Å²) in [5.74, 6) is 0.948. The van der Waals surface area contributed by atoms with Gasteiger partial charge in [-0.1, -0.05) is 32.0 Å². The highest BCUT2D eigenvalue weighted by atomic mass is 16.5. The Labute approximate surface area is 143 Å². The molecule has 3 rings (SSSR count). The van der Waals surface area contributed by atoms with Gasteiger partial charge in [0.25, 0.3) is 0 Å².